The van der Waals surface area contributed by atoms with E-state index in [9.17, 15) is 4.79 Å². The maximum absolute atomic E-state index is 12.5. The Morgan fingerprint density at radius 2 is 2.00 bits per heavy atom. The van der Waals surface area contributed by atoms with Crippen LogP contribution in [0.15, 0.2) is 15.2 Å². The van der Waals surface area contributed by atoms with Crippen molar-refractivity contribution < 1.29 is 0 Å². The van der Waals surface area contributed by atoms with Crippen LogP contribution in [0, 0.1) is 12.8 Å². The first-order valence-electron chi connectivity index (χ1n) is 9.71. The van der Waals surface area contributed by atoms with Crippen LogP contribution < -0.4 is 17.0 Å². The van der Waals surface area contributed by atoms with Crippen LogP contribution in [0.5, 0.6) is 0 Å². The zero-order valence-corrected chi connectivity index (χ0v) is 20.3. The van der Waals surface area contributed by atoms with Crippen LogP contribution in [0.4, 0.5) is 5.13 Å². The number of thiazole rings is 1. The van der Waals surface area contributed by atoms with Crippen LogP contribution in [0.1, 0.15) is 54.9 Å². The molecule has 2 aromatic heterocycles. The number of nitrogens with two attached hydrogens (primary N) is 2. The van der Waals surface area contributed by atoms with Crippen molar-refractivity contribution in [1.82, 2.24) is 15.0 Å². The second-order valence-electron chi connectivity index (χ2n) is 7.26. The summed E-state index contributed by atoms with van der Waals surface area (Å²) >= 11 is 3.17. The molecule has 11 heteroatoms. The first-order chi connectivity index (χ1) is 13.5. The molecular weight excluding hydrogens is 463 g/mol. The predicted octanol–water partition coefficient (Wildman–Crippen LogP) is 3.88. The molecule has 2 heterocycles. The Labute approximate surface area is 197 Å². The average molecular weight is 494 g/mol. The molecule has 5 N–H and O–H groups in total. The highest BCUT2D eigenvalue weighted by Crippen LogP contribution is 2.26. The van der Waals surface area contributed by atoms with E-state index in [1.54, 1.807) is 11.8 Å². The summed E-state index contributed by atoms with van der Waals surface area (Å²) in [4.78, 5) is 28.5. The van der Waals surface area contributed by atoms with Gasteiger partial charge in [-0.1, -0.05) is 32.1 Å². The van der Waals surface area contributed by atoms with Crippen molar-refractivity contribution in [2.45, 2.75) is 57.6 Å². The van der Waals surface area contributed by atoms with Gasteiger partial charge in [0, 0.05) is 34.6 Å². The Balaban J connectivity index is 0.00000225. The highest BCUT2D eigenvalue weighted by Gasteiger charge is 2.18. The number of halogens is 2. The third-order valence-electron chi connectivity index (χ3n) is 4.99. The van der Waals surface area contributed by atoms with E-state index in [4.69, 9.17) is 11.5 Å². The van der Waals surface area contributed by atoms with Crippen molar-refractivity contribution in [2.24, 2.45) is 22.4 Å². The van der Waals surface area contributed by atoms with Gasteiger partial charge < -0.3 is 16.5 Å². The fraction of sp³-hybridized carbons (Fsp3) is 0.579. The monoisotopic (exact) mass is 492 g/mol. The summed E-state index contributed by atoms with van der Waals surface area (Å²) in [5, 5.41) is 2.53. The molecule has 1 saturated carbocycles. The number of aromatic nitrogens is 3. The fourth-order valence-corrected chi connectivity index (χ4v) is 5.23. The van der Waals surface area contributed by atoms with Crippen molar-refractivity contribution in [1.29, 1.82) is 0 Å². The van der Waals surface area contributed by atoms with E-state index in [1.165, 1.54) is 43.4 Å². The standard InChI is InChI=1S/C19H28N6OS2.2ClH/c1-12-15(9-13-5-3-2-4-6-13)17(26)24-16(22-12)7-8-27-10-14-11-28-19(23-14)25-18(20)21;;/h11,13H,2-10H2,1H3,(H,22,24,26)(H4,20,21,23,25);2*1H. The number of hydrogen-bond acceptors (Lipinski definition) is 6. The summed E-state index contributed by atoms with van der Waals surface area (Å²) in [6.45, 7) is 2.00. The Hall–Kier alpha value is -1.29. The van der Waals surface area contributed by atoms with E-state index in [0.717, 1.165) is 47.1 Å². The molecular formula is C19H30Cl2N6OS2. The Morgan fingerprint density at radius 1 is 1.27 bits per heavy atom. The van der Waals surface area contributed by atoms with E-state index in [1.807, 2.05) is 12.3 Å². The lowest BCUT2D eigenvalue weighted by Crippen LogP contribution is -2.22. The molecule has 0 radical (unpaired) electrons. The Kier molecular flexibility index (Phi) is 11.8. The third kappa shape index (κ3) is 8.09. The lowest BCUT2D eigenvalue weighted by molar-refractivity contribution is 0.355. The van der Waals surface area contributed by atoms with E-state index in [0.29, 0.717) is 11.0 Å². The van der Waals surface area contributed by atoms with E-state index in [2.05, 4.69) is 19.9 Å². The minimum atomic E-state index is -0.0526. The van der Waals surface area contributed by atoms with Crippen molar-refractivity contribution >= 4 is 59.0 Å². The lowest BCUT2D eigenvalue weighted by atomic mass is 9.85. The van der Waals surface area contributed by atoms with Gasteiger partial charge in [-0.15, -0.1) is 36.2 Å². The normalized spacial score (nSPS) is 13.9. The van der Waals surface area contributed by atoms with Crippen molar-refractivity contribution in [2.75, 3.05) is 5.75 Å². The van der Waals surface area contributed by atoms with Crippen LogP contribution in [0.2, 0.25) is 0 Å². The van der Waals surface area contributed by atoms with Crippen molar-refractivity contribution in [3.8, 4) is 0 Å². The largest absolute Gasteiger partial charge is 0.370 e. The first-order valence-corrected chi connectivity index (χ1v) is 11.7. The molecule has 30 heavy (non-hydrogen) atoms. The molecule has 0 bridgehead atoms. The zero-order valence-electron chi connectivity index (χ0n) is 17.1. The second-order valence-corrected chi connectivity index (χ2v) is 9.20. The molecule has 1 aliphatic rings. The van der Waals surface area contributed by atoms with Gasteiger partial charge in [-0.25, -0.2) is 4.98 Å². The maximum atomic E-state index is 12.5. The minimum Gasteiger partial charge on any atom is -0.370 e. The molecule has 1 fully saturated rings. The van der Waals surface area contributed by atoms with Crippen molar-refractivity contribution in [3.05, 3.63) is 38.5 Å². The topological polar surface area (TPSA) is 123 Å². The van der Waals surface area contributed by atoms with Crippen LogP contribution in [0.3, 0.4) is 0 Å². The molecule has 0 aliphatic heterocycles. The SMILES string of the molecule is Cc1[nH]c(CCSCc2csc(N=C(N)N)n2)nc(=O)c1CC1CCCCC1.Cl.Cl. The van der Waals surface area contributed by atoms with E-state index in [-0.39, 0.29) is 36.3 Å². The number of thioether (sulfide) groups is 1. The molecule has 168 valence electrons. The van der Waals surface area contributed by atoms with Gasteiger partial charge in [0.25, 0.3) is 5.56 Å². The molecule has 2 aromatic rings. The Bertz CT molecular complexity index is 876. The summed E-state index contributed by atoms with van der Waals surface area (Å²) in [5.41, 5.74) is 13.5. The van der Waals surface area contributed by atoms with Gasteiger partial charge in [-0.3, -0.25) is 4.79 Å². The van der Waals surface area contributed by atoms with Gasteiger partial charge in [0.2, 0.25) is 5.13 Å². The first kappa shape index (κ1) is 26.7. The molecule has 7 nitrogen and oxygen atoms in total. The second kappa shape index (κ2) is 13.2. The zero-order chi connectivity index (χ0) is 19.9. The molecule has 0 amide bonds. The highest BCUT2D eigenvalue weighted by molar-refractivity contribution is 7.98. The Morgan fingerprint density at radius 3 is 2.67 bits per heavy atom. The van der Waals surface area contributed by atoms with Crippen LogP contribution in [0.25, 0.3) is 0 Å². The van der Waals surface area contributed by atoms with Gasteiger partial charge in [0.1, 0.15) is 5.82 Å². The number of nitrogens with zero attached hydrogens (tertiary/aromatic N) is 3. The smallest absolute Gasteiger partial charge is 0.276 e. The number of aliphatic imine (C=N–C) groups is 1. The van der Waals surface area contributed by atoms with E-state index < -0.39 is 0 Å². The molecule has 0 unspecified atom stereocenters. The fourth-order valence-electron chi connectivity index (χ4n) is 3.58. The number of aryl methyl sites for hydroxylation is 2. The summed E-state index contributed by atoms with van der Waals surface area (Å²) in [6, 6.07) is 0. The van der Waals surface area contributed by atoms with Crippen LogP contribution in [-0.2, 0) is 18.6 Å². The minimum absolute atomic E-state index is 0. The number of guanidine groups is 1. The highest BCUT2D eigenvalue weighted by atomic mass is 35.5. The summed E-state index contributed by atoms with van der Waals surface area (Å²) < 4.78 is 0. The van der Waals surface area contributed by atoms with Gasteiger partial charge in [-0.2, -0.15) is 21.7 Å². The molecule has 3 rings (SSSR count). The summed E-state index contributed by atoms with van der Waals surface area (Å²) in [6.07, 6.45) is 7.98. The number of H-pyrrole nitrogens is 1. The third-order valence-corrected chi connectivity index (χ3v) is 6.77. The van der Waals surface area contributed by atoms with E-state index >= 15 is 0 Å². The molecule has 0 spiro atoms. The number of nitrogens with one attached hydrogen (secondary N) is 1. The molecule has 0 atom stereocenters. The number of aromatic amines is 1. The number of rotatable bonds is 8. The summed E-state index contributed by atoms with van der Waals surface area (Å²) in [5.74, 6) is 3.06. The predicted molar refractivity (Wildman–Crippen MR) is 132 cm³/mol. The lowest BCUT2D eigenvalue weighted by Gasteiger charge is -2.21. The van der Waals surface area contributed by atoms with Gasteiger partial charge in [0.05, 0.1) is 5.69 Å². The summed E-state index contributed by atoms with van der Waals surface area (Å²) in [7, 11) is 0. The molecule has 0 aromatic carbocycles. The van der Waals surface area contributed by atoms with Gasteiger partial charge in [0.15, 0.2) is 5.96 Å². The van der Waals surface area contributed by atoms with Gasteiger partial charge >= 0.3 is 0 Å². The average Bonchev–Trinajstić information content (AvgIpc) is 3.09. The van der Waals surface area contributed by atoms with Gasteiger partial charge in [-0.05, 0) is 19.3 Å². The quantitative estimate of drug-likeness (QED) is 0.291. The maximum Gasteiger partial charge on any atom is 0.276 e. The molecule has 0 saturated heterocycles. The number of hydrogen-bond donors (Lipinski definition) is 3. The molecule has 1 aliphatic carbocycles. The van der Waals surface area contributed by atoms with Crippen LogP contribution >= 0.6 is 47.9 Å². The van der Waals surface area contributed by atoms with Crippen molar-refractivity contribution in [3.63, 3.8) is 0 Å². The van der Waals surface area contributed by atoms with Crippen LogP contribution in [-0.4, -0.2) is 26.7 Å².